The van der Waals surface area contributed by atoms with Gasteiger partial charge < -0.3 is 20.4 Å². The lowest BCUT2D eigenvalue weighted by Gasteiger charge is -2.55. The molecule has 0 saturated heterocycles. The maximum absolute atomic E-state index is 13.1. The molecule has 4 saturated carbocycles. The maximum Gasteiger partial charge on any atom is 0.251 e. The van der Waals surface area contributed by atoms with Crippen LogP contribution in [0.2, 0.25) is 0 Å². The molecule has 6 nitrogen and oxygen atoms in total. The third kappa shape index (κ3) is 4.24. The van der Waals surface area contributed by atoms with Crippen molar-refractivity contribution in [3.63, 3.8) is 0 Å². The standard InChI is InChI=1S/C24H27N3O3S/c28-21(25-14-20-2-1-7-30-20)18-3-5-19(6-4-18)26-23(31)27-22(29)24-11-15-8-16(12-24)10-17(9-15)13-24/h1-7,15-17H,8-14H2,(H,25,28)(H2,26,27,29,31). The molecule has 162 valence electrons. The van der Waals surface area contributed by atoms with Crippen molar-refractivity contribution in [3.05, 3.63) is 54.0 Å². The fourth-order valence-electron chi connectivity index (χ4n) is 6.17. The lowest BCUT2D eigenvalue weighted by atomic mass is 9.49. The van der Waals surface area contributed by atoms with Gasteiger partial charge in [0.1, 0.15) is 5.76 Å². The van der Waals surface area contributed by atoms with E-state index >= 15 is 0 Å². The molecule has 2 amide bonds. The molecule has 4 bridgehead atoms. The van der Waals surface area contributed by atoms with Crippen LogP contribution in [0.5, 0.6) is 0 Å². The lowest BCUT2D eigenvalue weighted by Crippen LogP contribution is -2.55. The first-order chi connectivity index (χ1) is 15.0. The van der Waals surface area contributed by atoms with Gasteiger partial charge in [-0.05, 0) is 105 Å². The van der Waals surface area contributed by atoms with Crippen LogP contribution in [0, 0.1) is 23.2 Å². The monoisotopic (exact) mass is 437 g/mol. The van der Waals surface area contributed by atoms with Gasteiger partial charge in [0.05, 0.1) is 18.2 Å². The molecule has 4 fully saturated rings. The summed E-state index contributed by atoms with van der Waals surface area (Å²) in [7, 11) is 0. The summed E-state index contributed by atoms with van der Waals surface area (Å²) in [6, 6.07) is 10.6. The molecule has 0 aliphatic heterocycles. The first kappa shape index (κ1) is 20.2. The van der Waals surface area contributed by atoms with E-state index in [0.29, 0.717) is 40.7 Å². The highest BCUT2D eigenvalue weighted by Gasteiger charge is 2.54. The van der Waals surface area contributed by atoms with Crippen LogP contribution in [-0.4, -0.2) is 16.9 Å². The topological polar surface area (TPSA) is 83.4 Å². The fraction of sp³-hybridized carbons (Fsp3) is 0.458. The van der Waals surface area contributed by atoms with E-state index in [-0.39, 0.29) is 17.2 Å². The van der Waals surface area contributed by atoms with E-state index in [4.69, 9.17) is 16.6 Å². The minimum absolute atomic E-state index is 0.0815. The molecule has 1 aromatic heterocycles. The summed E-state index contributed by atoms with van der Waals surface area (Å²) < 4.78 is 5.22. The van der Waals surface area contributed by atoms with Gasteiger partial charge in [0.25, 0.3) is 5.91 Å². The summed E-state index contributed by atoms with van der Waals surface area (Å²) in [5, 5.41) is 9.16. The summed E-state index contributed by atoms with van der Waals surface area (Å²) in [6.45, 7) is 0.340. The molecule has 6 rings (SSSR count). The molecule has 0 unspecified atom stereocenters. The van der Waals surface area contributed by atoms with Crippen LogP contribution in [-0.2, 0) is 11.3 Å². The van der Waals surface area contributed by atoms with E-state index in [1.165, 1.54) is 19.3 Å². The number of thiocarbonyl (C=S) groups is 1. The number of carbonyl (C=O) groups excluding carboxylic acids is 2. The van der Waals surface area contributed by atoms with Gasteiger partial charge in [0.2, 0.25) is 5.91 Å². The highest BCUT2D eigenvalue weighted by molar-refractivity contribution is 7.80. The largest absolute Gasteiger partial charge is 0.467 e. The van der Waals surface area contributed by atoms with Gasteiger partial charge in [0, 0.05) is 11.3 Å². The number of amides is 2. The number of nitrogens with one attached hydrogen (secondary N) is 3. The number of benzene rings is 1. The molecule has 1 heterocycles. The van der Waals surface area contributed by atoms with E-state index in [1.54, 1.807) is 36.6 Å². The molecule has 0 spiro atoms. The molecular weight excluding hydrogens is 410 g/mol. The van der Waals surface area contributed by atoms with Crippen molar-refractivity contribution in [1.82, 2.24) is 10.6 Å². The average molecular weight is 438 g/mol. The molecule has 2 aromatic rings. The highest BCUT2D eigenvalue weighted by Crippen LogP contribution is 2.60. The number of carbonyl (C=O) groups is 2. The highest BCUT2D eigenvalue weighted by atomic mass is 32.1. The van der Waals surface area contributed by atoms with Crippen molar-refractivity contribution in [2.24, 2.45) is 23.2 Å². The van der Waals surface area contributed by atoms with Crippen LogP contribution < -0.4 is 16.0 Å². The summed E-state index contributed by atoms with van der Waals surface area (Å²) in [6.07, 6.45) is 8.51. The molecule has 3 N–H and O–H groups in total. The predicted octanol–water partition coefficient (Wildman–Crippen LogP) is 4.24. The predicted molar refractivity (Wildman–Crippen MR) is 121 cm³/mol. The molecule has 4 aliphatic carbocycles. The molecule has 0 atom stereocenters. The minimum atomic E-state index is -0.226. The summed E-state index contributed by atoms with van der Waals surface area (Å²) in [5.41, 5.74) is 1.05. The van der Waals surface area contributed by atoms with Gasteiger partial charge in [0.15, 0.2) is 5.11 Å². The zero-order valence-electron chi connectivity index (χ0n) is 17.4. The normalized spacial score (nSPS) is 28.2. The quantitative estimate of drug-likeness (QED) is 0.610. The summed E-state index contributed by atoms with van der Waals surface area (Å²) >= 11 is 5.41. The lowest BCUT2D eigenvalue weighted by molar-refractivity contribution is -0.144. The van der Waals surface area contributed by atoms with Gasteiger partial charge in [-0.15, -0.1) is 0 Å². The van der Waals surface area contributed by atoms with Gasteiger partial charge in [-0.2, -0.15) is 0 Å². The number of furan rings is 1. The molecular formula is C24H27N3O3S. The Morgan fingerprint density at radius 1 is 1.00 bits per heavy atom. The third-order valence-corrected chi connectivity index (χ3v) is 7.36. The van der Waals surface area contributed by atoms with E-state index in [0.717, 1.165) is 24.9 Å². The SMILES string of the molecule is O=C(NCc1ccco1)c1ccc(NC(=S)NC(=O)C23CC4CC(CC(C4)C2)C3)cc1. The molecule has 4 aliphatic rings. The van der Waals surface area contributed by atoms with Gasteiger partial charge in [-0.1, -0.05) is 0 Å². The van der Waals surface area contributed by atoms with Crippen molar-refractivity contribution in [2.45, 2.75) is 45.1 Å². The van der Waals surface area contributed by atoms with E-state index in [9.17, 15) is 9.59 Å². The number of hydrogen-bond acceptors (Lipinski definition) is 4. The molecule has 0 radical (unpaired) electrons. The molecule has 1 aromatic carbocycles. The van der Waals surface area contributed by atoms with Crippen molar-refractivity contribution < 1.29 is 14.0 Å². The van der Waals surface area contributed by atoms with Crippen molar-refractivity contribution >= 4 is 34.8 Å². The van der Waals surface area contributed by atoms with Crippen LogP contribution in [0.15, 0.2) is 47.1 Å². The van der Waals surface area contributed by atoms with E-state index < -0.39 is 0 Å². The second kappa shape index (κ2) is 8.11. The summed E-state index contributed by atoms with van der Waals surface area (Å²) in [5.74, 6) is 2.74. The first-order valence-electron chi connectivity index (χ1n) is 11.0. The van der Waals surface area contributed by atoms with Crippen LogP contribution >= 0.6 is 12.2 Å². The van der Waals surface area contributed by atoms with E-state index in [2.05, 4.69) is 16.0 Å². The van der Waals surface area contributed by atoms with Crippen LogP contribution in [0.3, 0.4) is 0 Å². The summed E-state index contributed by atoms with van der Waals surface area (Å²) in [4.78, 5) is 25.4. The second-order valence-electron chi connectivity index (χ2n) is 9.45. The van der Waals surface area contributed by atoms with Crippen LogP contribution in [0.4, 0.5) is 5.69 Å². The Labute approximate surface area is 187 Å². The third-order valence-electron chi connectivity index (χ3n) is 7.16. The average Bonchev–Trinajstić information content (AvgIpc) is 3.25. The maximum atomic E-state index is 13.1. The van der Waals surface area contributed by atoms with Crippen LogP contribution in [0.1, 0.15) is 54.6 Å². The Hall–Kier alpha value is -2.67. The number of anilines is 1. The molecule has 7 heteroatoms. The number of hydrogen-bond donors (Lipinski definition) is 3. The fourth-order valence-corrected chi connectivity index (χ4v) is 6.38. The Bertz CT molecular complexity index is 949. The zero-order valence-corrected chi connectivity index (χ0v) is 18.2. The van der Waals surface area contributed by atoms with Gasteiger partial charge in [-0.3, -0.25) is 9.59 Å². The zero-order chi connectivity index (χ0) is 21.4. The smallest absolute Gasteiger partial charge is 0.251 e. The Kier molecular flexibility index (Phi) is 5.30. The minimum Gasteiger partial charge on any atom is -0.467 e. The van der Waals surface area contributed by atoms with Crippen LogP contribution in [0.25, 0.3) is 0 Å². The Morgan fingerprint density at radius 3 is 2.23 bits per heavy atom. The van der Waals surface area contributed by atoms with Crippen molar-refractivity contribution in [1.29, 1.82) is 0 Å². The van der Waals surface area contributed by atoms with Crippen molar-refractivity contribution in [3.8, 4) is 0 Å². The Morgan fingerprint density at radius 2 is 1.65 bits per heavy atom. The van der Waals surface area contributed by atoms with Gasteiger partial charge >= 0.3 is 0 Å². The van der Waals surface area contributed by atoms with Crippen molar-refractivity contribution in [2.75, 3.05) is 5.32 Å². The number of rotatable bonds is 5. The molecule has 31 heavy (non-hydrogen) atoms. The second-order valence-corrected chi connectivity index (χ2v) is 9.85. The Balaban J connectivity index is 1.14. The van der Waals surface area contributed by atoms with E-state index in [1.807, 2.05) is 6.07 Å². The van der Waals surface area contributed by atoms with Gasteiger partial charge in [-0.25, -0.2) is 0 Å². The first-order valence-corrected chi connectivity index (χ1v) is 11.4.